The van der Waals surface area contributed by atoms with Crippen molar-refractivity contribution in [1.29, 1.82) is 0 Å². The molecule has 0 aliphatic carbocycles. The number of hydrogen-bond donors (Lipinski definition) is 2. The molecule has 3 aromatic carbocycles. The van der Waals surface area contributed by atoms with Gasteiger partial charge in [0.15, 0.2) is 11.6 Å². The molecule has 2 atom stereocenters. The van der Waals surface area contributed by atoms with Crippen LogP contribution in [0.5, 0.6) is 5.75 Å². The van der Waals surface area contributed by atoms with Crippen LogP contribution in [0.4, 0.5) is 0 Å². The van der Waals surface area contributed by atoms with Gasteiger partial charge in [0.25, 0.3) is 5.91 Å². The lowest BCUT2D eigenvalue weighted by atomic mass is 9.82. The summed E-state index contributed by atoms with van der Waals surface area (Å²) >= 11 is 0. The number of nitrogens with zero attached hydrogens (tertiary/aromatic N) is 1. The fraction of sp³-hybridized carbons (Fsp3) is 0.259. The van der Waals surface area contributed by atoms with Gasteiger partial charge in [0, 0.05) is 37.1 Å². The summed E-state index contributed by atoms with van der Waals surface area (Å²) in [5.41, 5.74) is 2.73. The van der Waals surface area contributed by atoms with E-state index >= 15 is 0 Å². The van der Waals surface area contributed by atoms with E-state index in [0.29, 0.717) is 37.6 Å². The standard InChI is InChI=1S/C27H26N2O4/c30-15-6-16-32-22-13-11-20(12-14-22)25-29-27(17-19-7-2-1-3-8-19)24(33-25)23-10-5-4-9-21(23)18-28-26(27)31/h1-5,7-14,24,30H,6,15-18H2,(H,28,31)/t24-,27-/m0/s1. The van der Waals surface area contributed by atoms with Gasteiger partial charge >= 0.3 is 0 Å². The summed E-state index contributed by atoms with van der Waals surface area (Å²) in [6.07, 6.45) is 0.493. The average Bonchev–Trinajstić information content (AvgIpc) is 3.19. The first-order chi connectivity index (χ1) is 16.2. The Balaban J connectivity index is 1.53. The van der Waals surface area contributed by atoms with Gasteiger partial charge in [-0.2, -0.15) is 0 Å². The molecule has 2 heterocycles. The lowest BCUT2D eigenvalue weighted by Gasteiger charge is -2.28. The Bertz CT molecular complexity index is 1160. The Hall–Kier alpha value is -3.64. The van der Waals surface area contributed by atoms with E-state index in [4.69, 9.17) is 19.6 Å². The lowest BCUT2D eigenvalue weighted by molar-refractivity contribution is -0.128. The molecule has 6 heteroatoms. The molecule has 33 heavy (non-hydrogen) atoms. The maximum Gasteiger partial charge on any atom is 0.252 e. The Morgan fingerprint density at radius 2 is 1.79 bits per heavy atom. The SMILES string of the molecule is O=C1NCc2ccccc2[C@@H]2OC(c3ccc(OCCCO)cc3)=N[C@]12Cc1ccccc1. The number of hydrogen-bond acceptors (Lipinski definition) is 5. The number of aliphatic hydroxyl groups is 1. The molecule has 5 rings (SSSR count). The van der Waals surface area contributed by atoms with E-state index in [-0.39, 0.29) is 12.5 Å². The predicted molar refractivity (Wildman–Crippen MR) is 125 cm³/mol. The first-order valence-electron chi connectivity index (χ1n) is 11.2. The van der Waals surface area contributed by atoms with Crippen LogP contribution in [0, 0.1) is 0 Å². The van der Waals surface area contributed by atoms with Crippen LogP contribution in [0.3, 0.4) is 0 Å². The number of rotatable bonds is 7. The van der Waals surface area contributed by atoms with Crippen LogP contribution >= 0.6 is 0 Å². The predicted octanol–water partition coefficient (Wildman–Crippen LogP) is 3.58. The van der Waals surface area contributed by atoms with Gasteiger partial charge in [-0.05, 0) is 35.4 Å². The van der Waals surface area contributed by atoms with Gasteiger partial charge in [-0.25, -0.2) is 4.99 Å². The molecule has 0 saturated heterocycles. The molecule has 0 bridgehead atoms. The van der Waals surface area contributed by atoms with Crippen LogP contribution in [0.15, 0.2) is 83.9 Å². The van der Waals surface area contributed by atoms with E-state index in [9.17, 15) is 4.79 Å². The number of carbonyl (C=O) groups is 1. The molecule has 1 amide bonds. The average molecular weight is 443 g/mol. The molecule has 0 radical (unpaired) electrons. The van der Waals surface area contributed by atoms with Crippen molar-refractivity contribution >= 4 is 11.8 Å². The number of carbonyl (C=O) groups excluding carboxylic acids is 1. The Kier molecular flexibility index (Phi) is 5.84. The second kappa shape index (κ2) is 9.08. The van der Waals surface area contributed by atoms with Crippen molar-refractivity contribution in [1.82, 2.24) is 5.32 Å². The van der Waals surface area contributed by atoms with Gasteiger partial charge in [-0.15, -0.1) is 0 Å². The Morgan fingerprint density at radius 3 is 2.58 bits per heavy atom. The number of aliphatic imine (C=N–C) groups is 1. The molecule has 0 fully saturated rings. The molecule has 3 aromatic rings. The summed E-state index contributed by atoms with van der Waals surface area (Å²) in [5, 5.41) is 12.0. The molecule has 168 valence electrons. The topological polar surface area (TPSA) is 80.2 Å². The Labute approximate surface area is 192 Å². The highest BCUT2D eigenvalue weighted by Gasteiger charge is 2.54. The van der Waals surface area contributed by atoms with Crippen LogP contribution < -0.4 is 10.1 Å². The minimum atomic E-state index is -1.10. The normalized spacial score (nSPS) is 21.2. The highest BCUT2D eigenvalue weighted by atomic mass is 16.5. The number of ether oxygens (including phenoxy) is 2. The third-order valence-corrected chi connectivity index (χ3v) is 6.12. The van der Waals surface area contributed by atoms with Gasteiger partial charge in [-0.3, -0.25) is 4.79 Å². The summed E-state index contributed by atoms with van der Waals surface area (Å²) in [6, 6.07) is 25.4. The van der Waals surface area contributed by atoms with E-state index in [2.05, 4.69) is 5.32 Å². The number of nitrogens with one attached hydrogen (secondary N) is 1. The van der Waals surface area contributed by atoms with Crippen LogP contribution in [0.2, 0.25) is 0 Å². The second-order valence-corrected chi connectivity index (χ2v) is 8.33. The zero-order chi connectivity index (χ0) is 22.7. The highest BCUT2D eigenvalue weighted by molar-refractivity contribution is 6.01. The quantitative estimate of drug-likeness (QED) is 0.548. The molecular formula is C27H26N2O4. The Morgan fingerprint density at radius 1 is 1.03 bits per heavy atom. The monoisotopic (exact) mass is 442 g/mol. The van der Waals surface area contributed by atoms with Crippen molar-refractivity contribution in [3.8, 4) is 5.75 Å². The van der Waals surface area contributed by atoms with E-state index in [1.54, 1.807) is 0 Å². The number of benzene rings is 3. The zero-order valence-electron chi connectivity index (χ0n) is 18.2. The summed E-state index contributed by atoms with van der Waals surface area (Å²) in [4.78, 5) is 18.5. The van der Waals surface area contributed by atoms with Gasteiger partial charge in [-0.1, -0.05) is 54.6 Å². The molecule has 0 spiro atoms. The number of aliphatic hydroxyl groups excluding tert-OH is 1. The van der Waals surface area contributed by atoms with Crippen molar-refractivity contribution in [3.05, 3.63) is 101 Å². The molecule has 0 saturated carbocycles. The smallest absolute Gasteiger partial charge is 0.252 e. The fourth-order valence-corrected chi connectivity index (χ4v) is 4.45. The van der Waals surface area contributed by atoms with Gasteiger partial charge < -0.3 is 19.9 Å². The maximum absolute atomic E-state index is 13.5. The minimum absolute atomic E-state index is 0.0944. The summed E-state index contributed by atoms with van der Waals surface area (Å²) in [6.45, 7) is 1.000. The molecular weight excluding hydrogens is 416 g/mol. The van der Waals surface area contributed by atoms with Gasteiger partial charge in [0.05, 0.1) is 6.61 Å². The van der Waals surface area contributed by atoms with Gasteiger partial charge in [0.2, 0.25) is 5.90 Å². The van der Waals surface area contributed by atoms with E-state index < -0.39 is 11.6 Å². The van der Waals surface area contributed by atoms with Crippen molar-refractivity contribution in [3.63, 3.8) is 0 Å². The van der Waals surface area contributed by atoms with Crippen molar-refractivity contribution in [2.45, 2.75) is 31.0 Å². The van der Waals surface area contributed by atoms with E-state index in [0.717, 1.165) is 22.3 Å². The molecule has 0 unspecified atom stereocenters. The molecule has 2 aliphatic heterocycles. The first kappa shape index (κ1) is 21.2. The summed E-state index contributed by atoms with van der Waals surface area (Å²) < 4.78 is 12.1. The number of fused-ring (bicyclic) bond motifs is 3. The molecule has 0 aromatic heterocycles. The van der Waals surface area contributed by atoms with Gasteiger partial charge in [0.1, 0.15) is 5.75 Å². The lowest BCUT2D eigenvalue weighted by Crippen LogP contribution is -2.47. The summed E-state index contributed by atoms with van der Waals surface area (Å²) in [7, 11) is 0. The van der Waals surface area contributed by atoms with E-state index in [1.165, 1.54) is 0 Å². The largest absolute Gasteiger partial charge is 0.494 e. The highest BCUT2D eigenvalue weighted by Crippen LogP contribution is 2.44. The third kappa shape index (κ3) is 4.10. The van der Waals surface area contributed by atoms with Crippen molar-refractivity contribution < 1.29 is 19.4 Å². The number of amides is 1. The van der Waals surface area contributed by atoms with Crippen molar-refractivity contribution in [2.75, 3.05) is 13.2 Å². The van der Waals surface area contributed by atoms with Crippen LogP contribution in [0.25, 0.3) is 0 Å². The fourth-order valence-electron chi connectivity index (χ4n) is 4.45. The first-order valence-corrected chi connectivity index (χ1v) is 11.2. The minimum Gasteiger partial charge on any atom is -0.494 e. The molecule has 6 nitrogen and oxygen atoms in total. The molecule has 2 aliphatic rings. The van der Waals surface area contributed by atoms with Crippen molar-refractivity contribution in [2.24, 2.45) is 4.99 Å². The van der Waals surface area contributed by atoms with Crippen LogP contribution in [-0.4, -0.2) is 35.7 Å². The maximum atomic E-state index is 13.5. The molecule has 2 N–H and O–H groups in total. The third-order valence-electron chi connectivity index (χ3n) is 6.12. The van der Waals surface area contributed by atoms with E-state index in [1.807, 2.05) is 78.9 Å². The van der Waals surface area contributed by atoms with Crippen LogP contribution in [0.1, 0.15) is 34.8 Å². The second-order valence-electron chi connectivity index (χ2n) is 8.33. The summed E-state index contributed by atoms with van der Waals surface area (Å²) in [5.74, 6) is 1.03. The zero-order valence-corrected chi connectivity index (χ0v) is 18.2. The van der Waals surface area contributed by atoms with Crippen LogP contribution in [-0.2, 0) is 22.5 Å².